The van der Waals surface area contributed by atoms with Crippen LogP contribution < -0.4 is 11.3 Å². The molecule has 20 heavy (non-hydrogen) atoms. The van der Waals surface area contributed by atoms with Gasteiger partial charge in [-0.15, -0.1) is 11.3 Å². The van der Waals surface area contributed by atoms with Crippen molar-refractivity contribution < 1.29 is 0 Å². The van der Waals surface area contributed by atoms with Gasteiger partial charge in [-0.1, -0.05) is 0 Å². The molecule has 2 N–H and O–H groups in total. The molecule has 1 aliphatic rings. The van der Waals surface area contributed by atoms with Gasteiger partial charge in [0.15, 0.2) is 4.96 Å². The van der Waals surface area contributed by atoms with E-state index < -0.39 is 0 Å². The third-order valence-electron chi connectivity index (χ3n) is 4.02. The number of thiazole rings is 1. The molecule has 0 saturated carbocycles. The van der Waals surface area contributed by atoms with Gasteiger partial charge in [-0.2, -0.15) is 0 Å². The number of piperidine rings is 1. The Kier molecular flexibility index (Phi) is 4.14. The van der Waals surface area contributed by atoms with Crippen molar-refractivity contribution in [2.75, 3.05) is 19.6 Å². The van der Waals surface area contributed by atoms with E-state index in [0.29, 0.717) is 0 Å². The van der Waals surface area contributed by atoms with Crippen LogP contribution in [0.25, 0.3) is 4.96 Å². The molecule has 0 radical (unpaired) electrons. The molecule has 3 rings (SSSR count). The predicted molar refractivity (Wildman–Crippen MR) is 81.0 cm³/mol. The first-order valence-corrected chi connectivity index (χ1v) is 8.02. The highest BCUT2D eigenvalue weighted by Gasteiger charge is 2.19. The Hall–Kier alpha value is -1.24. The maximum atomic E-state index is 11.9. The third kappa shape index (κ3) is 2.92. The summed E-state index contributed by atoms with van der Waals surface area (Å²) in [5, 5.41) is 1.89. The number of likely N-dealkylation sites (tertiary alicyclic amines) is 1. The van der Waals surface area contributed by atoms with Gasteiger partial charge in [0.1, 0.15) is 0 Å². The van der Waals surface area contributed by atoms with Gasteiger partial charge in [-0.25, -0.2) is 4.98 Å². The molecule has 1 saturated heterocycles. The summed E-state index contributed by atoms with van der Waals surface area (Å²) in [5.41, 5.74) is 6.52. The second-order valence-electron chi connectivity index (χ2n) is 5.44. The van der Waals surface area contributed by atoms with Gasteiger partial charge < -0.3 is 5.73 Å². The Bertz CT molecular complexity index is 627. The smallest absolute Gasteiger partial charge is 0.258 e. The van der Waals surface area contributed by atoms with Crippen LogP contribution in [-0.2, 0) is 6.54 Å². The molecular weight excluding hydrogens is 272 g/mol. The van der Waals surface area contributed by atoms with Crippen molar-refractivity contribution in [3.05, 3.63) is 33.7 Å². The Balaban J connectivity index is 1.66. The zero-order chi connectivity index (χ0) is 13.9. The molecule has 0 spiro atoms. The summed E-state index contributed by atoms with van der Waals surface area (Å²) >= 11 is 1.50. The molecule has 2 aromatic rings. The summed E-state index contributed by atoms with van der Waals surface area (Å²) < 4.78 is 1.60. The molecule has 108 valence electrons. The highest BCUT2D eigenvalue weighted by Crippen LogP contribution is 2.20. The molecule has 6 heteroatoms. The van der Waals surface area contributed by atoms with Gasteiger partial charge in [-0.3, -0.25) is 14.1 Å². The summed E-state index contributed by atoms with van der Waals surface area (Å²) in [7, 11) is 0. The molecule has 0 unspecified atom stereocenters. The lowest BCUT2D eigenvalue weighted by atomic mass is 9.93. The Morgan fingerprint density at radius 3 is 2.95 bits per heavy atom. The fraction of sp³-hybridized carbons (Fsp3) is 0.571. The van der Waals surface area contributed by atoms with Gasteiger partial charge in [0.05, 0.1) is 5.69 Å². The van der Waals surface area contributed by atoms with Gasteiger partial charge >= 0.3 is 0 Å². The molecule has 0 aromatic carbocycles. The normalized spacial score (nSPS) is 17.9. The lowest BCUT2D eigenvalue weighted by Crippen LogP contribution is -2.34. The fourth-order valence-corrected chi connectivity index (χ4v) is 3.61. The average molecular weight is 292 g/mol. The maximum Gasteiger partial charge on any atom is 0.258 e. The third-order valence-corrected chi connectivity index (χ3v) is 4.78. The number of aromatic nitrogens is 2. The van der Waals surface area contributed by atoms with Crippen molar-refractivity contribution in [2.24, 2.45) is 11.7 Å². The molecule has 1 fully saturated rings. The van der Waals surface area contributed by atoms with Crippen molar-refractivity contribution in [1.82, 2.24) is 14.3 Å². The van der Waals surface area contributed by atoms with E-state index in [1.54, 1.807) is 16.7 Å². The molecule has 0 amide bonds. The van der Waals surface area contributed by atoms with Crippen molar-refractivity contribution in [2.45, 2.75) is 25.8 Å². The summed E-state index contributed by atoms with van der Waals surface area (Å²) in [4.78, 5) is 19.7. The second-order valence-corrected chi connectivity index (χ2v) is 6.31. The first-order chi connectivity index (χ1) is 9.76. The summed E-state index contributed by atoms with van der Waals surface area (Å²) in [6.45, 7) is 3.73. The largest absolute Gasteiger partial charge is 0.330 e. The van der Waals surface area contributed by atoms with Crippen LogP contribution in [0.5, 0.6) is 0 Å². The molecule has 1 aliphatic heterocycles. The first-order valence-electron chi connectivity index (χ1n) is 7.14. The van der Waals surface area contributed by atoms with Gasteiger partial charge in [-0.05, 0) is 44.8 Å². The molecule has 3 heterocycles. The van der Waals surface area contributed by atoms with Crippen LogP contribution in [0.1, 0.15) is 25.0 Å². The van der Waals surface area contributed by atoms with E-state index in [-0.39, 0.29) is 5.56 Å². The van der Waals surface area contributed by atoms with Crippen molar-refractivity contribution >= 4 is 16.3 Å². The zero-order valence-electron chi connectivity index (χ0n) is 11.5. The molecule has 0 bridgehead atoms. The minimum atomic E-state index is 0.0178. The number of hydrogen-bond acceptors (Lipinski definition) is 5. The van der Waals surface area contributed by atoms with Crippen LogP contribution >= 0.6 is 11.3 Å². The van der Waals surface area contributed by atoms with E-state index in [1.165, 1.54) is 24.2 Å². The number of rotatable bonds is 4. The van der Waals surface area contributed by atoms with E-state index in [0.717, 1.165) is 49.2 Å². The molecule has 0 aliphatic carbocycles. The second kappa shape index (κ2) is 6.03. The van der Waals surface area contributed by atoms with Crippen LogP contribution in [0.2, 0.25) is 0 Å². The summed E-state index contributed by atoms with van der Waals surface area (Å²) in [5.74, 6) is 0.773. The average Bonchev–Trinajstić information content (AvgIpc) is 2.90. The lowest BCUT2D eigenvalue weighted by Gasteiger charge is -2.31. The van der Waals surface area contributed by atoms with Gasteiger partial charge in [0.2, 0.25) is 0 Å². The number of nitrogens with two attached hydrogens (primary N) is 1. The van der Waals surface area contributed by atoms with Gasteiger partial charge in [0, 0.05) is 24.2 Å². The monoisotopic (exact) mass is 292 g/mol. The van der Waals surface area contributed by atoms with Crippen LogP contribution in [0.15, 0.2) is 22.4 Å². The Morgan fingerprint density at radius 2 is 2.20 bits per heavy atom. The molecule has 5 nitrogen and oxygen atoms in total. The van der Waals surface area contributed by atoms with Crippen LogP contribution in [0, 0.1) is 5.92 Å². The Labute approximate surface area is 122 Å². The maximum absolute atomic E-state index is 11.9. The van der Waals surface area contributed by atoms with Crippen LogP contribution in [0.3, 0.4) is 0 Å². The van der Waals surface area contributed by atoms with Gasteiger partial charge in [0.25, 0.3) is 5.56 Å². The Morgan fingerprint density at radius 1 is 1.40 bits per heavy atom. The molecule has 0 atom stereocenters. The minimum absolute atomic E-state index is 0.0178. The van der Waals surface area contributed by atoms with E-state index in [2.05, 4.69) is 9.88 Å². The van der Waals surface area contributed by atoms with E-state index in [9.17, 15) is 4.79 Å². The topological polar surface area (TPSA) is 63.6 Å². The minimum Gasteiger partial charge on any atom is -0.330 e. The number of nitrogens with zero attached hydrogens (tertiary/aromatic N) is 3. The number of fused-ring (bicyclic) bond motifs is 1. The van der Waals surface area contributed by atoms with Crippen LogP contribution in [0.4, 0.5) is 0 Å². The molecule has 2 aromatic heterocycles. The van der Waals surface area contributed by atoms with E-state index in [1.807, 2.05) is 5.38 Å². The highest BCUT2D eigenvalue weighted by molar-refractivity contribution is 7.15. The van der Waals surface area contributed by atoms with E-state index >= 15 is 0 Å². The standard InChI is InChI=1S/C14H20N4OS/c15-4-1-11-2-5-17(6-3-11)10-12-9-13(19)18-7-8-20-14(18)16-12/h7-9,11H,1-6,10,15H2. The van der Waals surface area contributed by atoms with Crippen LogP contribution in [-0.4, -0.2) is 33.9 Å². The van der Waals surface area contributed by atoms with E-state index in [4.69, 9.17) is 5.73 Å². The fourth-order valence-electron chi connectivity index (χ4n) is 2.87. The quantitative estimate of drug-likeness (QED) is 0.923. The van der Waals surface area contributed by atoms with Crippen molar-refractivity contribution in [3.8, 4) is 0 Å². The number of hydrogen-bond donors (Lipinski definition) is 1. The van der Waals surface area contributed by atoms with Crippen molar-refractivity contribution in [1.29, 1.82) is 0 Å². The summed E-state index contributed by atoms with van der Waals surface area (Å²) in [6.07, 6.45) is 5.32. The molecular formula is C14H20N4OS. The summed E-state index contributed by atoms with van der Waals surface area (Å²) in [6, 6.07) is 1.66. The van der Waals surface area contributed by atoms with Crippen molar-refractivity contribution in [3.63, 3.8) is 0 Å². The SMILES string of the molecule is NCCC1CCN(Cc2cc(=O)n3ccsc3n2)CC1. The lowest BCUT2D eigenvalue weighted by molar-refractivity contribution is 0.172. The zero-order valence-corrected chi connectivity index (χ0v) is 12.3. The highest BCUT2D eigenvalue weighted by atomic mass is 32.1. The predicted octanol–water partition coefficient (Wildman–Crippen LogP) is 1.32. The first kappa shape index (κ1) is 13.7.